The van der Waals surface area contributed by atoms with Crippen LogP contribution in [0.25, 0.3) is 11.4 Å². The Morgan fingerprint density at radius 2 is 1.67 bits per heavy atom. The Hall–Kier alpha value is -3.67. The lowest BCUT2D eigenvalue weighted by Gasteiger charge is -2.11. The molecule has 4 rings (SSSR count). The molecule has 0 saturated carbocycles. The van der Waals surface area contributed by atoms with Crippen LogP contribution in [-0.2, 0) is 10.0 Å². The number of tetrazole rings is 2. The van der Waals surface area contributed by atoms with Crippen molar-refractivity contribution in [3.05, 3.63) is 60.7 Å². The van der Waals surface area contributed by atoms with Crippen molar-refractivity contribution in [2.75, 3.05) is 4.72 Å². The summed E-state index contributed by atoms with van der Waals surface area (Å²) in [7, 11) is -3.79. The first kappa shape index (κ1) is 16.8. The van der Waals surface area contributed by atoms with E-state index in [2.05, 4.69) is 35.8 Å². The van der Waals surface area contributed by atoms with Crippen molar-refractivity contribution in [3.63, 3.8) is 0 Å². The van der Waals surface area contributed by atoms with Crippen molar-refractivity contribution >= 4 is 15.7 Å². The highest BCUT2D eigenvalue weighted by Crippen LogP contribution is 2.22. The lowest BCUT2D eigenvalue weighted by Crippen LogP contribution is -2.14. The van der Waals surface area contributed by atoms with E-state index in [0.29, 0.717) is 11.4 Å². The molecule has 136 valence electrons. The fourth-order valence-corrected chi connectivity index (χ4v) is 3.62. The molecule has 4 aromatic rings. The van der Waals surface area contributed by atoms with Gasteiger partial charge in [-0.2, -0.15) is 0 Å². The fraction of sp³-hybridized carbons (Fsp3) is 0.0667. The highest BCUT2D eigenvalue weighted by molar-refractivity contribution is 7.92. The molecule has 0 aliphatic rings. The summed E-state index contributed by atoms with van der Waals surface area (Å²) in [6, 6.07) is 11.4. The summed E-state index contributed by atoms with van der Waals surface area (Å²) in [5.74, 6) is 0. The van der Waals surface area contributed by atoms with Crippen molar-refractivity contribution < 1.29 is 8.42 Å². The molecular weight excluding hydrogens is 370 g/mol. The van der Waals surface area contributed by atoms with Gasteiger partial charge in [-0.05, 0) is 69.7 Å². The number of rotatable bonds is 5. The predicted octanol–water partition coefficient (Wildman–Crippen LogP) is 0.747. The fourth-order valence-electron chi connectivity index (χ4n) is 2.53. The predicted molar refractivity (Wildman–Crippen MR) is 93.9 cm³/mol. The van der Waals surface area contributed by atoms with E-state index in [-0.39, 0.29) is 4.90 Å². The molecule has 0 fully saturated rings. The third-order valence-electron chi connectivity index (χ3n) is 3.79. The summed E-state index contributed by atoms with van der Waals surface area (Å²) in [6.07, 6.45) is 2.86. The minimum absolute atomic E-state index is 0.0951. The summed E-state index contributed by atoms with van der Waals surface area (Å²) in [5, 5.41) is 21.9. The Labute approximate surface area is 153 Å². The number of sulfonamides is 1. The van der Waals surface area contributed by atoms with E-state index in [1.54, 1.807) is 30.3 Å². The lowest BCUT2D eigenvalue weighted by molar-refractivity contribution is 0.601. The van der Waals surface area contributed by atoms with Gasteiger partial charge in [0.2, 0.25) is 0 Å². The van der Waals surface area contributed by atoms with Gasteiger partial charge in [0.25, 0.3) is 10.0 Å². The maximum absolute atomic E-state index is 12.7. The average molecular weight is 383 g/mol. The number of aryl methyl sites for hydroxylation is 1. The van der Waals surface area contributed by atoms with Crippen molar-refractivity contribution in [3.8, 4) is 11.4 Å². The van der Waals surface area contributed by atoms with Crippen LogP contribution in [0.4, 0.5) is 5.69 Å². The SMILES string of the molecule is Cc1cc(NS(=O)(=O)c2cccc(-n3cnnn3)c2)ccc1-n1cnnn1. The first-order valence-corrected chi connectivity index (χ1v) is 9.21. The number of anilines is 1. The molecule has 2 aromatic carbocycles. The molecule has 0 aliphatic carbocycles. The van der Waals surface area contributed by atoms with Gasteiger partial charge in [-0.1, -0.05) is 6.07 Å². The van der Waals surface area contributed by atoms with Gasteiger partial charge in [-0.15, -0.1) is 10.2 Å². The van der Waals surface area contributed by atoms with Crippen LogP contribution in [0.15, 0.2) is 60.0 Å². The Morgan fingerprint density at radius 3 is 2.33 bits per heavy atom. The Bertz CT molecular complexity index is 1170. The minimum atomic E-state index is -3.79. The van der Waals surface area contributed by atoms with Crippen LogP contribution in [0.3, 0.4) is 0 Å². The van der Waals surface area contributed by atoms with E-state index in [0.717, 1.165) is 11.3 Å². The van der Waals surface area contributed by atoms with Crippen LogP contribution >= 0.6 is 0 Å². The van der Waals surface area contributed by atoms with E-state index in [9.17, 15) is 8.42 Å². The lowest BCUT2D eigenvalue weighted by atomic mass is 10.2. The van der Waals surface area contributed by atoms with Crippen molar-refractivity contribution in [1.82, 2.24) is 40.4 Å². The molecule has 0 aliphatic heterocycles. The second kappa shape index (κ2) is 6.57. The van der Waals surface area contributed by atoms with E-state index in [1.165, 1.54) is 34.2 Å². The molecule has 0 amide bonds. The van der Waals surface area contributed by atoms with E-state index >= 15 is 0 Å². The van der Waals surface area contributed by atoms with Crippen LogP contribution in [0.5, 0.6) is 0 Å². The molecule has 0 radical (unpaired) electrons. The van der Waals surface area contributed by atoms with Crippen LogP contribution in [0.1, 0.15) is 5.56 Å². The molecule has 2 heterocycles. The second-order valence-corrected chi connectivity index (χ2v) is 7.30. The number of benzene rings is 2. The topological polar surface area (TPSA) is 133 Å². The quantitative estimate of drug-likeness (QED) is 0.533. The molecule has 0 atom stereocenters. The Balaban J connectivity index is 1.62. The summed E-state index contributed by atoms with van der Waals surface area (Å²) >= 11 is 0. The van der Waals surface area contributed by atoms with Gasteiger partial charge in [0.15, 0.2) is 0 Å². The van der Waals surface area contributed by atoms with Gasteiger partial charge >= 0.3 is 0 Å². The van der Waals surface area contributed by atoms with E-state index in [1.807, 2.05) is 6.92 Å². The van der Waals surface area contributed by atoms with Gasteiger partial charge in [0.05, 0.1) is 16.3 Å². The Morgan fingerprint density at radius 1 is 0.926 bits per heavy atom. The highest BCUT2D eigenvalue weighted by Gasteiger charge is 2.16. The standard InChI is InChI=1S/C15H13N9O2S/c1-11-7-12(5-6-15(11)24-10-17-20-22-24)18-27(25,26)14-4-2-3-13(8-14)23-9-16-19-21-23/h2-10,18H,1H3. The van der Waals surface area contributed by atoms with Crippen LogP contribution < -0.4 is 4.72 Å². The van der Waals surface area contributed by atoms with Crippen molar-refractivity contribution in [2.24, 2.45) is 0 Å². The summed E-state index contributed by atoms with van der Waals surface area (Å²) < 4.78 is 30.9. The maximum atomic E-state index is 12.7. The zero-order valence-corrected chi connectivity index (χ0v) is 14.8. The second-order valence-electron chi connectivity index (χ2n) is 5.61. The molecule has 0 spiro atoms. The summed E-state index contributed by atoms with van der Waals surface area (Å²) in [6.45, 7) is 1.84. The highest BCUT2D eigenvalue weighted by atomic mass is 32.2. The number of hydrogen-bond donors (Lipinski definition) is 1. The maximum Gasteiger partial charge on any atom is 0.261 e. The van der Waals surface area contributed by atoms with Crippen LogP contribution in [0.2, 0.25) is 0 Å². The minimum Gasteiger partial charge on any atom is -0.280 e. The largest absolute Gasteiger partial charge is 0.280 e. The van der Waals surface area contributed by atoms with Gasteiger partial charge in [-0.25, -0.2) is 17.8 Å². The number of nitrogens with zero attached hydrogens (tertiary/aromatic N) is 8. The van der Waals surface area contributed by atoms with Crippen LogP contribution in [-0.4, -0.2) is 48.8 Å². The van der Waals surface area contributed by atoms with Gasteiger partial charge in [0, 0.05) is 5.69 Å². The first-order chi connectivity index (χ1) is 13.0. The molecule has 2 aromatic heterocycles. The molecular formula is C15H13N9O2S. The van der Waals surface area contributed by atoms with Gasteiger partial charge in [-0.3, -0.25) is 4.72 Å². The van der Waals surface area contributed by atoms with E-state index < -0.39 is 10.0 Å². The van der Waals surface area contributed by atoms with Crippen molar-refractivity contribution in [1.29, 1.82) is 0 Å². The smallest absolute Gasteiger partial charge is 0.261 e. The third-order valence-corrected chi connectivity index (χ3v) is 5.17. The Kier molecular flexibility index (Phi) is 4.08. The molecule has 0 bridgehead atoms. The summed E-state index contributed by atoms with van der Waals surface area (Å²) in [5.41, 5.74) is 2.53. The molecule has 27 heavy (non-hydrogen) atoms. The molecule has 0 saturated heterocycles. The molecule has 12 heteroatoms. The number of hydrogen-bond acceptors (Lipinski definition) is 8. The monoisotopic (exact) mass is 383 g/mol. The van der Waals surface area contributed by atoms with Crippen LogP contribution in [0, 0.1) is 6.92 Å². The van der Waals surface area contributed by atoms with Gasteiger partial charge < -0.3 is 0 Å². The third kappa shape index (κ3) is 3.37. The first-order valence-electron chi connectivity index (χ1n) is 7.73. The zero-order chi connectivity index (χ0) is 18.9. The molecule has 0 unspecified atom stereocenters. The molecule has 11 nitrogen and oxygen atoms in total. The van der Waals surface area contributed by atoms with Crippen molar-refractivity contribution in [2.45, 2.75) is 11.8 Å². The normalized spacial score (nSPS) is 11.4. The van der Waals surface area contributed by atoms with Gasteiger partial charge in [0.1, 0.15) is 12.7 Å². The zero-order valence-electron chi connectivity index (χ0n) is 14.0. The number of nitrogens with one attached hydrogen (secondary N) is 1. The number of aromatic nitrogens is 8. The van der Waals surface area contributed by atoms with E-state index in [4.69, 9.17) is 0 Å². The average Bonchev–Trinajstić information content (AvgIpc) is 3.36. The summed E-state index contributed by atoms with van der Waals surface area (Å²) in [4.78, 5) is 0.0951. The molecule has 1 N–H and O–H groups in total.